The van der Waals surface area contributed by atoms with Crippen LogP contribution in [0.25, 0.3) is 6.08 Å². The van der Waals surface area contributed by atoms with Gasteiger partial charge in [0.05, 0.1) is 23.7 Å². The number of furan rings is 1. The number of nitrogens with zero attached hydrogens (tertiary/aromatic N) is 1. The highest BCUT2D eigenvalue weighted by atomic mass is 35.5. The van der Waals surface area contributed by atoms with Crippen molar-refractivity contribution in [3.05, 3.63) is 69.7 Å². The van der Waals surface area contributed by atoms with Crippen molar-refractivity contribution < 1.29 is 28.3 Å². The van der Waals surface area contributed by atoms with Gasteiger partial charge in [0.25, 0.3) is 5.91 Å². The lowest BCUT2D eigenvalue weighted by atomic mass is 10.1. The largest absolute Gasteiger partial charge is 0.486 e. The van der Waals surface area contributed by atoms with E-state index in [1.807, 2.05) is 0 Å². The molecule has 0 spiro atoms. The summed E-state index contributed by atoms with van der Waals surface area (Å²) in [6.07, 6.45) is 2.99. The predicted molar refractivity (Wildman–Crippen MR) is 109 cm³/mol. The van der Waals surface area contributed by atoms with Crippen molar-refractivity contribution in [1.82, 2.24) is 10.2 Å². The van der Waals surface area contributed by atoms with Crippen LogP contribution in [0.3, 0.4) is 0 Å². The molecule has 3 rings (SSSR count). The first-order valence-electron chi connectivity index (χ1n) is 8.58. The number of hydrogen-bond donors (Lipinski definition) is 1. The molecule has 1 aliphatic heterocycles. The molecular weight excluding hydrogens is 435 g/mol. The molecule has 1 saturated heterocycles. The van der Waals surface area contributed by atoms with Crippen molar-refractivity contribution in [1.29, 1.82) is 0 Å². The monoisotopic (exact) mass is 450 g/mol. The minimum absolute atomic E-state index is 0.0293. The standard InChI is InChI=1S/C20H16Cl2N2O6/c1-3-6-29-17-13(21)7-11(8-14(17)22)9-15-18(25)24(20(27)23-15)10-12-4-5-16(30-12)19(26)28-2/h3-5,7-9H,1,6,10H2,2H3,(H,23,27). The number of carbonyl (C=O) groups excluding carboxylic acids is 3. The second kappa shape index (κ2) is 9.06. The fourth-order valence-electron chi connectivity index (χ4n) is 2.65. The van der Waals surface area contributed by atoms with Gasteiger partial charge < -0.3 is 19.2 Å². The molecule has 0 aliphatic carbocycles. The van der Waals surface area contributed by atoms with E-state index < -0.39 is 17.9 Å². The van der Waals surface area contributed by atoms with E-state index in [-0.39, 0.29) is 40.4 Å². The molecule has 8 nitrogen and oxygen atoms in total. The van der Waals surface area contributed by atoms with E-state index in [2.05, 4.69) is 16.6 Å². The number of carbonyl (C=O) groups is 3. The molecule has 30 heavy (non-hydrogen) atoms. The number of methoxy groups -OCH3 is 1. The van der Waals surface area contributed by atoms with Gasteiger partial charge in [-0.15, -0.1) is 0 Å². The number of imide groups is 1. The van der Waals surface area contributed by atoms with Crippen LogP contribution in [-0.2, 0) is 16.1 Å². The Kier molecular flexibility index (Phi) is 6.49. The van der Waals surface area contributed by atoms with Crippen molar-refractivity contribution in [2.24, 2.45) is 0 Å². The number of urea groups is 1. The molecular formula is C20H16Cl2N2O6. The van der Waals surface area contributed by atoms with Crippen LogP contribution in [-0.4, -0.2) is 36.5 Å². The highest BCUT2D eigenvalue weighted by molar-refractivity contribution is 6.37. The van der Waals surface area contributed by atoms with E-state index in [4.69, 9.17) is 32.4 Å². The summed E-state index contributed by atoms with van der Waals surface area (Å²) in [6.45, 7) is 3.63. The van der Waals surface area contributed by atoms with Gasteiger partial charge in [0.2, 0.25) is 5.76 Å². The van der Waals surface area contributed by atoms with Gasteiger partial charge in [-0.1, -0.05) is 35.9 Å². The molecule has 2 aromatic rings. The third kappa shape index (κ3) is 4.50. The summed E-state index contributed by atoms with van der Waals surface area (Å²) in [7, 11) is 1.22. The average molecular weight is 451 g/mol. The zero-order chi connectivity index (χ0) is 21.8. The van der Waals surface area contributed by atoms with Gasteiger partial charge in [-0.2, -0.15) is 0 Å². The molecule has 2 heterocycles. The van der Waals surface area contributed by atoms with Crippen molar-refractivity contribution in [2.75, 3.05) is 13.7 Å². The van der Waals surface area contributed by atoms with E-state index >= 15 is 0 Å². The zero-order valence-electron chi connectivity index (χ0n) is 15.7. The van der Waals surface area contributed by atoms with Crippen molar-refractivity contribution in [3.63, 3.8) is 0 Å². The Balaban J connectivity index is 1.78. The summed E-state index contributed by atoms with van der Waals surface area (Å²) >= 11 is 12.4. The van der Waals surface area contributed by atoms with Crippen LogP contribution in [0.4, 0.5) is 4.79 Å². The van der Waals surface area contributed by atoms with E-state index in [0.29, 0.717) is 11.3 Å². The Bertz CT molecular complexity index is 1040. The Morgan fingerprint density at radius 3 is 2.60 bits per heavy atom. The lowest BCUT2D eigenvalue weighted by Gasteiger charge is -2.10. The first-order chi connectivity index (χ1) is 14.3. The number of ether oxygens (including phenoxy) is 2. The first-order valence-corrected chi connectivity index (χ1v) is 9.34. The van der Waals surface area contributed by atoms with Crippen LogP contribution in [0.2, 0.25) is 10.0 Å². The minimum atomic E-state index is -0.659. The number of halogens is 2. The van der Waals surface area contributed by atoms with Crippen molar-refractivity contribution in [2.45, 2.75) is 6.54 Å². The maximum absolute atomic E-state index is 12.6. The lowest BCUT2D eigenvalue weighted by molar-refractivity contribution is -0.123. The molecule has 1 aromatic carbocycles. The van der Waals surface area contributed by atoms with Gasteiger partial charge in [0.15, 0.2) is 5.75 Å². The summed E-state index contributed by atoms with van der Waals surface area (Å²) in [5, 5.41) is 2.98. The maximum atomic E-state index is 12.6. The average Bonchev–Trinajstić information content (AvgIpc) is 3.27. The summed E-state index contributed by atoms with van der Waals surface area (Å²) < 4.78 is 15.3. The number of rotatable bonds is 7. The van der Waals surface area contributed by atoms with Crippen LogP contribution in [0.5, 0.6) is 5.75 Å². The third-order valence-electron chi connectivity index (χ3n) is 4.00. The third-order valence-corrected chi connectivity index (χ3v) is 4.56. The number of amides is 3. The summed E-state index contributed by atoms with van der Waals surface area (Å²) in [5.74, 6) is -0.722. The molecule has 0 bridgehead atoms. The van der Waals surface area contributed by atoms with Gasteiger partial charge in [-0.05, 0) is 35.9 Å². The van der Waals surface area contributed by atoms with Crippen LogP contribution in [0, 0.1) is 0 Å². The predicted octanol–water partition coefficient (Wildman–Crippen LogP) is 4.03. The smallest absolute Gasteiger partial charge is 0.373 e. The van der Waals surface area contributed by atoms with Crippen LogP contribution in [0.15, 0.2) is 47.0 Å². The van der Waals surface area contributed by atoms with Gasteiger partial charge in [0.1, 0.15) is 18.1 Å². The number of hydrogen-bond acceptors (Lipinski definition) is 6. The highest BCUT2D eigenvalue weighted by Crippen LogP contribution is 2.35. The van der Waals surface area contributed by atoms with E-state index in [1.165, 1.54) is 25.3 Å². The van der Waals surface area contributed by atoms with Gasteiger partial charge in [-0.3, -0.25) is 9.69 Å². The quantitative estimate of drug-likeness (QED) is 0.296. The number of benzene rings is 1. The Morgan fingerprint density at radius 2 is 1.97 bits per heavy atom. The molecule has 1 N–H and O–H groups in total. The van der Waals surface area contributed by atoms with Crippen molar-refractivity contribution in [3.8, 4) is 5.75 Å². The molecule has 10 heteroatoms. The Labute approximate surface area is 181 Å². The highest BCUT2D eigenvalue weighted by Gasteiger charge is 2.34. The second-order valence-electron chi connectivity index (χ2n) is 6.05. The minimum Gasteiger partial charge on any atom is -0.486 e. The second-order valence-corrected chi connectivity index (χ2v) is 6.86. The number of esters is 1. The first kappa shape index (κ1) is 21.5. The van der Waals surface area contributed by atoms with Gasteiger partial charge in [-0.25, -0.2) is 9.59 Å². The van der Waals surface area contributed by atoms with Gasteiger partial charge >= 0.3 is 12.0 Å². The maximum Gasteiger partial charge on any atom is 0.373 e. The van der Waals surface area contributed by atoms with Crippen molar-refractivity contribution >= 4 is 47.2 Å². The lowest BCUT2D eigenvalue weighted by Crippen LogP contribution is -2.30. The topological polar surface area (TPSA) is 98.1 Å². The van der Waals surface area contributed by atoms with E-state index in [0.717, 1.165) is 4.90 Å². The van der Waals surface area contributed by atoms with E-state index in [9.17, 15) is 14.4 Å². The molecule has 0 radical (unpaired) electrons. The molecule has 1 aromatic heterocycles. The summed E-state index contributed by atoms with van der Waals surface area (Å²) in [4.78, 5) is 37.3. The molecule has 0 saturated carbocycles. The molecule has 0 atom stereocenters. The fraction of sp³-hybridized carbons (Fsp3) is 0.150. The van der Waals surface area contributed by atoms with Gasteiger partial charge in [0, 0.05) is 0 Å². The Hall–Kier alpha value is -3.23. The van der Waals surface area contributed by atoms with Crippen LogP contribution < -0.4 is 10.1 Å². The molecule has 1 fully saturated rings. The fourth-order valence-corrected chi connectivity index (χ4v) is 3.27. The molecule has 156 valence electrons. The molecule has 1 aliphatic rings. The summed E-state index contributed by atoms with van der Waals surface area (Å²) in [6, 6.07) is 5.35. The summed E-state index contributed by atoms with van der Waals surface area (Å²) in [5.41, 5.74) is 0.527. The zero-order valence-corrected chi connectivity index (χ0v) is 17.2. The number of nitrogens with one attached hydrogen (secondary N) is 1. The van der Waals surface area contributed by atoms with Crippen LogP contribution in [0.1, 0.15) is 21.9 Å². The molecule has 0 unspecified atom stereocenters. The van der Waals surface area contributed by atoms with Crippen LogP contribution >= 0.6 is 23.2 Å². The Morgan fingerprint density at radius 1 is 1.27 bits per heavy atom. The van der Waals surface area contributed by atoms with E-state index in [1.54, 1.807) is 18.2 Å². The normalized spacial score (nSPS) is 14.8. The molecule has 3 amide bonds. The SMILES string of the molecule is C=CCOc1c(Cl)cc(C=C2NC(=O)N(Cc3ccc(C(=O)OC)o3)C2=O)cc1Cl.